The molecule has 9 heteroatoms. The molecular formula is C26H24N2O6S. The molecule has 4 rings (SSSR count). The Bertz CT molecular complexity index is 1560. The fraction of sp³-hybridized carbons (Fsp3) is 0.154. The van der Waals surface area contributed by atoms with E-state index in [9.17, 15) is 18.0 Å². The second kappa shape index (κ2) is 9.63. The number of aryl methyl sites for hydroxylation is 1. The molecular weight excluding hydrogens is 468 g/mol. The van der Waals surface area contributed by atoms with Crippen molar-refractivity contribution in [1.29, 1.82) is 0 Å². The molecule has 180 valence electrons. The smallest absolute Gasteiger partial charge is 0.244 e. The Morgan fingerprint density at radius 1 is 0.914 bits per heavy atom. The van der Waals surface area contributed by atoms with Crippen LogP contribution in [0.1, 0.15) is 5.56 Å². The van der Waals surface area contributed by atoms with Crippen LogP contribution in [0.5, 0.6) is 11.5 Å². The molecule has 0 aliphatic heterocycles. The Morgan fingerprint density at radius 2 is 1.54 bits per heavy atom. The predicted molar refractivity (Wildman–Crippen MR) is 133 cm³/mol. The van der Waals surface area contributed by atoms with Gasteiger partial charge >= 0.3 is 0 Å². The Kier molecular flexibility index (Phi) is 6.61. The molecule has 35 heavy (non-hydrogen) atoms. The van der Waals surface area contributed by atoms with E-state index >= 15 is 0 Å². The van der Waals surface area contributed by atoms with E-state index in [1.165, 1.54) is 55.3 Å². The first-order valence-corrected chi connectivity index (χ1v) is 12.2. The third-order valence-corrected chi connectivity index (χ3v) is 7.33. The molecule has 1 heterocycles. The number of amides is 1. The molecule has 0 radical (unpaired) electrons. The average molecular weight is 493 g/mol. The molecule has 4 aromatic rings. The van der Waals surface area contributed by atoms with Crippen LogP contribution in [-0.4, -0.2) is 33.1 Å². The Morgan fingerprint density at radius 3 is 2.17 bits per heavy atom. The molecule has 0 atom stereocenters. The van der Waals surface area contributed by atoms with Crippen LogP contribution in [0.4, 0.5) is 5.69 Å². The van der Waals surface area contributed by atoms with Gasteiger partial charge in [-0.25, -0.2) is 8.42 Å². The second-order valence-corrected chi connectivity index (χ2v) is 9.84. The molecule has 0 aliphatic rings. The van der Waals surface area contributed by atoms with E-state index in [1.807, 2.05) is 19.1 Å². The number of carbonyl (C=O) groups excluding carboxylic acids is 1. The number of hydrogen-bond acceptors (Lipinski definition) is 6. The summed E-state index contributed by atoms with van der Waals surface area (Å²) >= 11 is 0. The third kappa shape index (κ3) is 4.90. The van der Waals surface area contributed by atoms with E-state index in [1.54, 1.807) is 24.3 Å². The Balaban J connectivity index is 1.82. The molecule has 0 unspecified atom stereocenters. The minimum absolute atomic E-state index is 0.0618. The maximum atomic E-state index is 13.4. The van der Waals surface area contributed by atoms with E-state index < -0.39 is 20.2 Å². The molecule has 1 aromatic heterocycles. The number of pyridine rings is 1. The molecule has 1 amide bonds. The van der Waals surface area contributed by atoms with Gasteiger partial charge in [0, 0.05) is 11.9 Å². The number of methoxy groups -OCH3 is 2. The molecule has 0 fully saturated rings. The van der Waals surface area contributed by atoms with Crippen LogP contribution >= 0.6 is 0 Å². The van der Waals surface area contributed by atoms with Crippen molar-refractivity contribution in [3.05, 3.63) is 88.7 Å². The summed E-state index contributed by atoms with van der Waals surface area (Å²) < 4.78 is 38.6. The molecule has 3 aromatic carbocycles. The monoisotopic (exact) mass is 492 g/mol. The lowest BCUT2D eigenvalue weighted by molar-refractivity contribution is -0.116. The van der Waals surface area contributed by atoms with Crippen LogP contribution in [0.3, 0.4) is 0 Å². The van der Waals surface area contributed by atoms with Crippen molar-refractivity contribution >= 4 is 32.3 Å². The van der Waals surface area contributed by atoms with E-state index in [-0.39, 0.29) is 22.7 Å². The molecule has 1 N–H and O–H groups in total. The van der Waals surface area contributed by atoms with Gasteiger partial charge in [-0.3, -0.25) is 9.59 Å². The lowest BCUT2D eigenvalue weighted by atomic mass is 10.2. The van der Waals surface area contributed by atoms with Crippen LogP contribution in [0, 0.1) is 6.92 Å². The largest absolute Gasteiger partial charge is 0.497 e. The SMILES string of the molecule is COc1ccc(S(=O)(=O)c2cn(CC(=O)Nc3ccc(C)cc3)c3ccc(OC)cc3c2=O)cc1. The van der Waals surface area contributed by atoms with E-state index in [0.29, 0.717) is 22.7 Å². The van der Waals surface area contributed by atoms with Gasteiger partial charge in [-0.15, -0.1) is 0 Å². The van der Waals surface area contributed by atoms with Crippen LogP contribution in [0.25, 0.3) is 10.9 Å². The van der Waals surface area contributed by atoms with Crippen molar-refractivity contribution in [1.82, 2.24) is 4.57 Å². The predicted octanol–water partition coefficient (Wildman–Crippen LogP) is 3.80. The quantitative estimate of drug-likeness (QED) is 0.421. The molecule has 0 saturated heterocycles. The molecule has 8 nitrogen and oxygen atoms in total. The summed E-state index contributed by atoms with van der Waals surface area (Å²) in [5.41, 5.74) is 1.39. The molecule has 0 spiro atoms. The number of hydrogen-bond donors (Lipinski definition) is 1. The zero-order chi connectivity index (χ0) is 25.2. The standard InChI is InChI=1S/C26H24N2O6S/c1-17-4-6-18(7-5-17)27-25(29)16-28-15-24(26(30)22-14-20(34-3)10-13-23(22)28)35(31,32)21-11-8-19(33-2)9-12-21/h4-15H,16H2,1-3H3,(H,27,29). The van der Waals surface area contributed by atoms with Crippen LogP contribution in [-0.2, 0) is 21.2 Å². The van der Waals surface area contributed by atoms with Gasteiger partial charge in [-0.05, 0) is 61.5 Å². The first kappa shape index (κ1) is 24.0. The average Bonchev–Trinajstić information content (AvgIpc) is 2.86. The number of carbonyl (C=O) groups is 1. The zero-order valence-corrected chi connectivity index (χ0v) is 20.3. The second-order valence-electron chi connectivity index (χ2n) is 7.93. The van der Waals surface area contributed by atoms with Crippen molar-refractivity contribution in [2.75, 3.05) is 19.5 Å². The van der Waals surface area contributed by atoms with E-state index in [2.05, 4.69) is 5.32 Å². The van der Waals surface area contributed by atoms with Crippen molar-refractivity contribution in [3.8, 4) is 11.5 Å². The lowest BCUT2D eigenvalue weighted by Gasteiger charge is -2.15. The fourth-order valence-electron chi connectivity index (χ4n) is 3.67. The maximum absolute atomic E-state index is 13.4. The summed E-state index contributed by atoms with van der Waals surface area (Å²) in [7, 11) is -1.27. The molecule has 0 aliphatic carbocycles. The number of ether oxygens (including phenoxy) is 2. The minimum atomic E-state index is -4.19. The highest BCUT2D eigenvalue weighted by atomic mass is 32.2. The van der Waals surface area contributed by atoms with Crippen LogP contribution in [0.15, 0.2) is 87.5 Å². The number of nitrogens with zero attached hydrogens (tertiary/aromatic N) is 1. The number of aromatic nitrogens is 1. The summed E-state index contributed by atoms with van der Waals surface area (Å²) in [4.78, 5) is 25.6. The van der Waals surface area contributed by atoms with Crippen molar-refractivity contribution in [2.45, 2.75) is 23.3 Å². The van der Waals surface area contributed by atoms with Gasteiger partial charge in [0.15, 0.2) is 0 Å². The highest BCUT2D eigenvalue weighted by Gasteiger charge is 2.24. The normalized spacial score (nSPS) is 11.3. The van der Waals surface area contributed by atoms with Gasteiger partial charge in [-0.1, -0.05) is 17.7 Å². The Labute approximate surface area is 202 Å². The van der Waals surface area contributed by atoms with Gasteiger partial charge in [-0.2, -0.15) is 0 Å². The number of rotatable bonds is 7. The Hall–Kier alpha value is -4.11. The summed E-state index contributed by atoms with van der Waals surface area (Å²) in [6.07, 6.45) is 1.21. The molecule has 0 saturated carbocycles. The van der Waals surface area contributed by atoms with Crippen molar-refractivity contribution in [3.63, 3.8) is 0 Å². The lowest BCUT2D eigenvalue weighted by Crippen LogP contribution is -2.24. The first-order chi connectivity index (χ1) is 16.7. The third-order valence-electron chi connectivity index (χ3n) is 5.56. The van der Waals surface area contributed by atoms with Gasteiger partial charge in [0.1, 0.15) is 22.9 Å². The summed E-state index contributed by atoms with van der Waals surface area (Å²) in [5.74, 6) is 0.504. The van der Waals surface area contributed by atoms with Crippen molar-refractivity contribution in [2.24, 2.45) is 0 Å². The number of benzene rings is 3. The van der Waals surface area contributed by atoms with Gasteiger partial charge in [0.2, 0.25) is 21.2 Å². The highest BCUT2D eigenvalue weighted by molar-refractivity contribution is 7.91. The summed E-state index contributed by atoms with van der Waals surface area (Å²) in [6, 6.07) is 17.8. The fourth-order valence-corrected chi connectivity index (χ4v) is 5.04. The first-order valence-electron chi connectivity index (χ1n) is 10.7. The van der Waals surface area contributed by atoms with Gasteiger partial charge < -0.3 is 19.4 Å². The maximum Gasteiger partial charge on any atom is 0.244 e. The highest BCUT2D eigenvalue weighted by Crippen LogP contribution is 2.25. The van der Waals surface area contributed by atoms with Crippen molar-refractivity contribution < 1.29 is 22.7 Å². The van der Waals surface area contributed by atoms with Crippen LogP contribution < -0.4 is 20.2 Å². The van der Waals surface area contributed by atoms with Crippen LogP contribution in [0.2, 0.25) is 0 Å². The number of sulfone groups is 1. The number of fused-ring (bicyclic) bond motifs is 1. The number of anilines is 1. The van der Waals surface area contributed by atoms with E-state index in [0.717, 1.165) is 5.56 Å². The summed E-state index contributed by atoms with van der Waals surface area (Å²) in [5, 5.41) is 2.92. The molecule has 0 bridgehead atoms. The topological polar surface area (TPSA) is 104 Å². The zero-order valence-electron chi connectivity index (χ0n) is 19.4. The minimum Gasteiger partial charge on any atom is -0.497 e. The van der Waals surface area contributed by atoms with Gasteiger partial charge in [0.25, 0.3) is 0 Å². The van der Waals surface area contributed by atoms with E-state index in [4.69, 9.17) is 9.47 Å². The number of nitrogens with one attached hydrogen (secondary N) is 1. The summed E-state index contributed by atoms with van der Waals surface area (Å²) in [6.45, 7) is 1.74. The van der Waals surface area contributed by atoms with Gasteiger partial charge in [0.05, 0.1) is 30.0 Å².